The molecule has 3 rings (SSSR count). The summed E-state index contributed by atoms with van der Waals surface area (Å²) in [6.45, 7) is 1.15. The van der Waals surface area contributed by atoms with Gasteiger partial charge in [-0.3, -0.25) is 4.79 Å². The highest BCUT2D eigenvalue weighted by Crippen LogP contribution is 2.25. The zero-order valence-electron chi connectivity index (χ0n) is 14.9. The van der Waals surface area contributed by atoms with E-state index in [1.807, 2.05) is 0 Å². The van der Waals surface area contributed by atoms with Gasteiger partial charge in [0.15, 0.2) is 0 Å². The van der Waals surface area contributed by atoms with Gasteiger partial charge in [0.25, 0.3) is 5.91 Å². The number of piperidine rings is 1. The average molecular weight is 414 g/mol. The van der Waals surface area contributed by atoms with Crippen molar-refractivity contribution in [3.63, 3.8) is 0 Å². The Labute approximate surface area is 165 Å². The number of hydrogen-bond acceptors (Lipinski definition) is 3. The highest BCUT2D eigenvalue weighted by molar-refractivity contribution is 6.33. The van der Waals surface area contributed by atoms with E-state index in [1.165, 1.54) is 18.2 Å². The lowest BCUT2D eigenvalue weighted by atomic mass is 10.1. The lowest BCUT2D eigenvalue weighted by Crippen LogP contribution is -2.43. The van der Waals surface area contributed by atoms with Crippen LogP contribution in [0.4, 0.5) is 13.2 Å². The molecule has 8 heteroatoms. The number of hydrogen-bond donors (Lipinski definition) is 0. The number of carbonyl (C=O) groups excluding carboxylic acids is 1. The highest BCUT2D eigenvalue weighted by atomic mass is 35.5. The second-order valence-electron chi connectivity index (χ2n) is 6.50. The number of halogens is 4. The molecule has 1 amide bonds. The van der Waals surface area contributed by atoms with E-state index in [0.717, 1.165) is 12.8 Å². The molecule has 1 fully saturated rings. The summed E-state index contributed by atoms with van der Waals surface area (Å²) in [6, 6.07) is 12.5. The summed E-state index contributed by atoms with van der Waals surface area (Å²) < 4.78 is 46.8. The van der Waals surface area contributed by atoms with Gasteiger partial charge in [0.1, 0.15) is 5.75 Å². The van der Waals surface area contributed by atoms with Gasteiger partial charge in [-0.15, -0.1) is 13.2 Å². The Hall–Kier alpha value is -2.25. The SMILES string of the molecule is O=C(c1ccccc1Cl)N1CCC[C@@H](OCc2cccc(OC(F)(F)F)c2)C1. The van der Waals surface area contributed by atoms with Crippen LogP contribution in [0.3, 0.4) is 0 Å². The standard InChI is InChI=1S/C20H19ClF3NO3/c21-18-9-2-1-8-17(18)19(26)25-10-4-7-16(12-25)27-13-14-5-3-6-15(11-14)28-20(22,23)24/h1-3,5-6,8-9,11,16H,4,7,10,12-13H2/t16-/m1/s1. The van der Waals surface area contributed by atoms with E-state index in [0.29, 0.717) is 29.2 Å². The lowest BCUT2D eigenvalue weighted by Gasteiger charge is -2.33. The molecule has 1 atom stereocenters. The van der Waals surface area contributed by atoms with Crippen LogP contribution in [0.15, 0.2) is 48.5 Å². The van der Waals surface area contributed by atoms with Crippen LogP contribution < -0.4 is 4.74 Å². The largest absolute Gasteiger partial charge is 0.573 e. The van der Waals surface area contributed by atoms with E-state index in [9.17, 15) is 18.0 Å². The highest BCUT2D eigenvalue weighted by Gasteiger charge is 2.31. The summed E-state index contributed by atoms with van der Waals surface area (Å²) >= 11 is 6.11. The van der Waals surface area contributed by atoms with Crippen molar-refractivity contribution < 1.29 is 27.4 Å². The molecular weight excluding hydrogens is 395 g/mol. The van der Waals surface area contributed by atoms with Crippen LogP contribution in [-0.2, 0) is 11.3 Å². The quantitative estimate of drug-likeness (QED) is 0.687. The summed E-state index contributed by atoms with van der Waals surface area (Å²) in [6.07, 6.45) is -3.39. The van der Waals surface area contributed by atoms with E-state index >= 15 is 0 Å². The topological polar surface area (TPSA) is 38.8 Å². The molecule has 0 N–H and O–H groups in total. The number of alkyl halides is 3. The molecule has 1 saturated heterocycles. The molecule has 0 spiro atoms. The molecule has 28 heavy (non-hydrogen) atoms. The van der Waals surface area contributed by atoms with E-state index in [-0.39, 0.29) is 24.4 Å². The predicted octanol–water partition coefficient (Wildman–Crippen LogP) is 5.06. The fourth-order valence-electron chi connectivity index (χ4n) is 3.11. The predicted molar refractivity (Wildman–Crippen MR) is 98.3 cm³/mol. The molecule has 0 saturated carbocycles. The summed E-state index contributed by atoms with van der Waals surface area (Å²) in [5.41, 5.74) is 1.01. The Morgan fingerprint density at radius 3 is 2.71 bits per heavy atom. The normalized spacial score (nSPS) is 17.4. The minimum Gasteiger partial charge on any atom is -0.406 e. The summed E-state index contributed by atoms with van der Waals surface area (Å²) in [5.74, 6) is -0.438. The van der Waals surface area contributed by atoms with E-state index < -0.39 is 6.36 Å². The summed E-state index contributed by atoms with van der Waals surface area (Å²) in [4.78, 5) is 14.4. The molecule has 150 valence electrons. The number of amides is 1. The minimum absolute atomic E-state index is 0.133. The zero-order chi connectivity index (χ0) is 20.1. The Bertz CT molecular complexity index is 828. The monoisotopic (exact) mass is 413 g/mol. The van der Waals surface area contributed by atoms with Crippen LogP contribution in [0.2, 0.25) is 5.02 Å². The third-order valence-corrected chi connectivity index (χ3v) is 4.72. The van der Waals surface area contributed by atoms with E-state index in [1.54, 1.807) is 35.2 Å². The van der Waals surface area contributed by atoms with Gasteiger partial charge in [-0.1, -0.05) is 35.9 Å². The molecule has 1 aliphatic rings. The maximum Gasteiger partial charge on any atom is 0.573 e. The second-order valence-corrected chi connectivity index (χ2v) is 6.91. The summed E-state index contributed by atoms with van der Waals surface area (Å²) in [7, 11) is 0. The van der Waals surface area contributed by atoms with Gasteiger partial charge >= 0.3 is 6.36 Å². The Kier molecular flexibility index (Phi) is 6.46. The Morgan fingerprint density at radius 1 is 1.18 bits per heavy atom. The van der Waals surface area contributed by atoms with Crippen LogP contribution >= 0.6 is 11.6 Å². The average Bonchev–Trinajstić information content (AvgIpc) is 2.65. The molecule has 0 aliphatic carbocycles. The van der Waals surface area contributed by atoms with Crippen molar-refractivity contribution in [1.82, 2.24) is 4.90 Å². The first-order valence-corrected chi connectivity index (χ1v) is 9.20. The first-order chi connectivity index (χ1) is 13.3. The Balaban J connectivity index is 1.58. The molecule has 0 radical (unpaired) electrons. The molecule has 2 aromatic rings. The van der Waals surface area contributed by atoms with Crippen molar-refractivity contribution in [2.75, 3.05) is 13.1 Å². The van der Waals surface area contributed by atoms with Gasteiger partial charge in [0.2, 0.25) is 0 Å². The van der Waals surface area contributed by atoms with Crippen molar-refractivity contribution in [1.29, 1.82) is 0 Å². The molecular formula is C20H19ClF3NO3. The molecule has 2 aromatic carbocycles. The zero-order valence-corrected chi connectivity index (χ0v) is 15.7. The smallest absolute Gasteiger partial charge is 0.406 e. The number of nitrogens with zero attached hydrogens (tertiary/aromatic N) is 1. The van der Waals surface area contributed by atoms with Crippen LogP contribution in [0.1, 0.15) is 28.8 Å². The van der Waals surface area contributed by atoms with E-state index in [2.05, 4.69) is 4.74 Å². The van der Waals surface area contributed by atoms with Crippen molar-refractivity contribution in [3.8, 4) is 5.75 Å². The minimum atomic E-state index is -4.73. The number of ether oxygens (including phenoxy) is 2. The maximum atomic E-state index is 12.7. The molecule has 0 unspecified atom stereocenters. The van der Waals surface area contributed by atoms with Crippen molar-refractivity contribution >= 4 is 17.5 Å². The molecule has 1 aliphatic heterocycles. The number of likely N-dealkylation sites (tertiary alicyclic amines) is 1. The van der Waals surface area contributed by atoms with E-state index in [4.69, 9.17) is 16.3 Å². The second kappa shape index (κ2) is 8.84. The lowest BCUT2D eigenvalue weighted by molar-refractivity contribution is -0.274. The van der Waals surface area contributed by atoms with Crippen LogP contribution in [0, 0.1) is 0 Å². The van der Waals surface area contributed by atoms with Gasteiger partial charge in [-0.2, -0.15) is 0 Å². The maximum absolute atomic E-state index is 12.7. The van der Waals surface area contributed by atoms with Crippen molar-refractivity contribution in [2.45, 2.75) is 31.9 Å². The van der Waals surface area contributed by atoms with Crippen LogP contribution in [0.5, 0.6) is 5.75 Å². The van der Waals surface area contributed by atoms with Crippen molar-refractivity contribution in [3.05, 3.63) is 64.7 Å². The van der Waals surface area contributed by atoms with Gasteiger partial charge in [-0.05, 0) is 42.7 Å². The Morgan fingerprint density at radius 2 is 1.96 bits per heavy atom. The number of carbonyl (C=O) groups is 1. The van der Waals surface area contributed by atoms with Crippen molar-refractivity contribution in [2.24, 2.45) is 0 Å². The van der Waals surface area contributed by atoms with Crippen LogP contribution in [-0.4, -0.2) is 36.4 Å². The van der Waals surface area contributed by atoms with Gasteiger partial charge < -0.3 is 14.4 Å². The third kappa shape index (κ3) is 5.62. The van der Waals surface area contributed by atoms with Crippen LogP contribution in [0.25, 0.3) is 0 Å². The van der Waals surface area contributed by atoms with Gasteiger partial charge in [0, 0.05) is 13.1 Å². The summed E-state index contributed by atoms with van der Waals surface area (Å²) in [5, 5.41) is 0.400. The first kappa shape index (κ1) is 20.5. The molecule has 0 bridgehead atoms. The number of benzene rings is 2. The molecule has 4 nitrogen and oxygen atoms in total. The fourth-order valence-corrected chi connectivity index (χ4v) is 3.33. The van der Waals surface area contributed by atoms with Gasteiger partial charge in [0.05, 0.1) is 23.3 Å². The number of rotatable bonds is 5. The van der Waals surface area contributed by atoms with Gasteiger partial charge in [-0.25, -0.2) is 0 Å². The molecule has 1 heterocycles. The first-order valence-electron chi connectivity index (χ1n) is 8.82. The molecule has 0 aromatic heterocycles. The fraction of sp³-hybridized carbons (Fsp3) is 0.350. The third-order valence-electron chi connectivity index (χ3n) is 4.39.